The highest BCUT2D eigenvalue weighted by molar-refractivity contribution is 5.96. The van der Waals surface area contributed by atoms with Crippen molar-refractivity contribution < 1.29 is 9.21 Å². The lowest BCUT2D eigenvalue weighted by molar-refractivity contribution is 0.0953. The second kappa shape index (κ2) is 6.06. The van der Waals surface area contributed by atoms with Gasteiger partial charge in [-0.1, -0.05) is 0 Å². The van der Waals surface area contributed by atoms with Gasteiger partial charge in [-0.25, -0.2) is 0 Å². The van der Waals surface area contributed by atoms with Crippen LogP contribution >= 0.6 is 0 Å². The van der Waals surface area contributed by atoms with Crippen LogP contribution in [0.5, 0.6) is 0 Å². The Morgan fingerprint density at radius 3 is 2.84 bits per heavy atom. The molecule has 2 aromatic rings. The van der Waals surface area contributed by atoms with Gasteiger partial charge in [0.15, 0.2) is 0 Å². The van der Waals surface area contributed by atoms with Gasteiger partial charge in [-0.3, -0.25) is 10.6 Å². The van der Waals surface area contributed by atoms with Gasteiger partial charge in [-0.15, -0.1) is 0 Å². The number of carbonyl (C=O) groups excluding carboxylic acids is 1. The number of nitrogens with two attached hydrogens (primary N) is 1. The minimum atomic E-state index is -0.0902. The van der Waals surface area contributed by atoms with Gasteiger partial charge in [0.05, 0.1) is 6.26 Å². The summed E-state index contributed by atoms with van der Waals surface area (Å²) in [7, 11) is 0. The molecule has 0 saturated heterocycles. The molecule has 0 aliphatic carbocycles. The molecule has 1 aromatic carbocycles. The van der Waals surface area contributed by atoms with E-state index in [0.29, 0.717) is 18.5 Å². The molecule has 0 bridgehead atoms. The molecule has 0 spiro atoms. The van der Waals surface area contributed by atoms with Crippen molar-refractivity contribution in [2.75, 3.05) is 12.0 Å². The number of aryl methyl sites for hydroxylation is 1. The molecule has 0 saturated carbocycles. The SMILES string of the molecule is Cc1cc(NN)ccc1C(=O)NCCc1ccco1. The minimum Gasteiger partial charge on any atom is -0.469 e. The van der Waals surface area contributed by atoms with Gasteiger partial charge < -0.3 is 15.2 Å². The number of anilines is 1. The van der Waals surface area contributed by atoms with Crippen LogP contribution in [0.4, 0.5) is 5.69 Å². The monoisotopic (exact) mass is 259 g/mol. The van der Waals surface area contributed by atoms with Crippen LogP contribution in [-0.2, 0) is 6.42 Å². The summed E-state index contributed by atoms with van der Waals surface area (Å²) in [5.41, 5.74) is 4.87. The lowest BCUT2D eigenvalue weighted by Crippen LogP contribution is -2.26. The smallest absolute Gasteiger partial charge is 0.251 e. The zero-order valence-electron chi connectivity index (χ0n) is 10.8. The highest BCUT2D eigenvalue weighted by Crippen LogP contribution is 2.14. The molecule has 19 heavy (non-hydrogen) atoms. The van der Waals surface area contributed by atoms with Gasteiger partial charge in [0, 0.05) is 24.2 Å². The first kappa shape index (κ1) is 13.2. The number of furan rings is 1. The summed E-state index contributed by atoms with van der Waals surface area (Å²) in [5, 5.41) is 2.86. The molecule has 1 amide bonds. The summed E-state index contributed by atoms with van der Waals surface area (Å²) in [6.45, 7) is 2.42. The summed E-state index contributed by atoms with van der Waals surface area (Å²) < 4.78 is 5.20. The van der Waals surface area contributed by atoms with Crippen molar-refractivity contribution in [3.05, 3.63) is 53.5 Å². The van der Waals surface area contributed by atoms with Crippen molar-refractivity contribution in [3.8, 4) is 0 Å². The fourth-order valence-electron chi connectivity index (χ4n) is 1.86. The Hall–Kier alpha value is -2.27. The van der Waals surface area contributed by atoms with Crippen LogP contribution in [0.15, 0.2) is 41.0 Å². The van der Waals surface area contributed by atoms with E-state index in [-0.39, 0.29) is 5.91 Å². The van der Waals surface area contributed by atoms with Crippen molar-refractivity contribution in [2.24, 2.45) is 5.84 Å². The van der Waals surface area contributed by atoms with Crippen LogP contribution in [-0.4, -0.2) is 12.5 Å². The lowest BCUT2D eigenvalue weighted by Gasteiger charge is -2.08. The predicted molar refractivity (Wildman–Crippen MR) is 73.7 cm³/mol. The van der Waals surface area contributed by atoms with Gasteiger partial charge in [-0.2, -0.15) is 0 Å². The van der Waals surface area contributed by atoms with Crippen molar-refractivity contribution >= 4 is 11.6 Å². The molecule has 4 N–H and O–H groups in total. The summed E-state index contributed by atoms with van der Waals surface area (Å²) in [5.74, 6) is 6.09. The molecule has 0 fully saturated rings. The molecule has 0 atom stereocenters. The Labute approximate surface area is 111 Å². The third-order valence-corrected chi connectivity index (χ3v) is 2.87. The Kier molecular flexibility index (Phi) is 4.20. The molecule has 0 unspecified atom stereocenters. The van der Waals surface area contributed by atoms with Crippen LogP contribution in [0.25, 0.3) is 0 Å². The van der Waals surface area contributed by atoms with E-state index in [1.165, 1.54) is 0 Å². The fourth-order valence-corrected chi connectivity index (χ4v) is 1.86. The highest BCUT2D eigenvalue weighted by Gasteiger charge is 2.09. The number of nitrogens with one attached hydrogen (secondary N) is 2. The Morgan fingerprint density at radius 1 is 1.37 bits per heavy atom. The maximum absolute atomic E-state index is 12.0. The fraction of sp³-hybridized carbons (Fsp3) is 0.214. The van der Waals surface area contributed by atoms with Gasteiger partial charge >= 0.3 is 0 Å². The zero-order chi connectivity index (χ0) is 13.7. The molecule has 0 radical (unpaired) electrons. The number of hydrazine groups is 1. The van der Waals surface area contributed by atoms with E-state index in [1.807, 2.05) is 25.1 Å². The Bertz CT molecular complexity index is 550. The van der Waals surface area contributed by atoms with Crippen LogP contribution < -0.4 is 16.6 Å². The highest BCUT2D eigenvalue weighted by atomic mass is 16.3. The van der Waals surface area contributed by atoms with Crippen LogP contribution in [0.1, 0.15) is 21.7 Å². The predicted octanol–water partition coefficient (Wildman–Crippen LogP) is 1.85. The van der Waals surface area contributed by atoms with Crippen molar-refractivity contribution in [2.45, 2.75) is 13.3 Å². The molecule has 0 aliphatic heterocycles. The van der Waals surface area contributed by atoms with Crippen LogP contribution in [0.3, 0.4) is 0 Å². The summed E-state index contributed by atoms with van der Waals surface area (Å²) in [4.78, 5) is 12.0. The Balaban J connectivity index is 1.92. The first-order valence-electron chi connectivity index (χ1n) is 6.08. The summed E-state index contributed by atoms with van der Waals surface area (Å²) in [6.07, 6.45) is 2.31. The second-order valence-electron chi connectivity index (χ2n) is 4.26. The number of carbonyl (C=O) groups is 1. The van der Waals surface area contributed by atoms with Crippen LogP contribution in [0.2, 0.25) is 0 Å². The van der Waals surface area contributed by atoms with E-state index in [1.54, 1.807) is 18.4 Å². The first-order chi connectivity index (χ1) is 9.20. The third-order valence-electron chi connectivity index (χ3n) is 2.87. The van der Waals surface area contributed by atoms with E-state index >= 15 is 0 Å². The normalized spacial score (nSPS) is 10.2. The number of nitrogen functional groups attached to an aromatic ring is 1. The molecule has 1 aromatic heterocycles. The summed E-state index contributed by atoms with van der Waals surface area (Å²) >= 11 is 0. The maximum atomic E-state index is 12.0. The van der Waals surface area contributed by atoms with Gasteiger partial charge in [0.25, 0.3) is 5.91 Å². The molecular weight excluding hydrogens is 242 g/mol. The third kappa shape index (κ3) is 3.35. The first-order valence-corrected chi connectivity index (χ1v) is 6.08. The number of hydrogen-bond donors (Lipinski definition) is 3. The van der Waals surface area contributed by atoms with Gasteiger partial charge in [0.1, 0.15) is 5.76 Å². The maximum Gasteiger partial charge on any atom is 0.251 e. The van der Waals surface area contributed by atoms with E-state index in [0.717, 1.165) is 17.0 Å². The standard InChI is InChI=1S/C14H17N3O2/c1-10-9-11(17-15)4-5-13(10)14(18)16-7-6-12-3-2-8-19-12/h2-5,8-9,17H,6-7,15H2,1H3,(H,16,18). The molecule has 100 valence electrons. The van der Waals surface area contributed by atoms with E-state index in [9.17, 15) is 4.79 Å². The van der Waals surface area contributed by atoms with E-state index in [2.05, 4.69) is 10.7 Å². The number of rotatable bonds is 5. The number of hydrogen-bond acceptors (Lipinski definition) is 4. The Morgan fingerprint density at radius 2 is 2.21 bits per heavy atom. The van der Waals surface area contributed by atoms with Crippen molar-refractivity contribution in [3.63, 3.8) is 0 Å². The van der Waals surface area contributed by atoms with Crippen molar-refractivity contribution in [1.29, 1.82) is 0 Å². The summed E-state index contributed by atoms with van der Waals surface area (Å²) in [6, 6.07) is 9.08. The molecule has 2 rings (SSSR count). The molecule has 1 heterocycles. The number of benzene rings is 1. The lowest BCUT2D eigenvalue weighted by atomic mass is 10.1. The average Bonchev–Trinajstić information content (AvgIpc) is 2.91. The van der Waals surface area contributed by atoms with E-state index < -0.39 is 0 Å². The van der Waals surface area contributed by atoms with Crippen LogP contribution in [0, 0.1) is 6.92 Å². The minimum absolute atomic E-state index is 0.0902. The van der Waals surface area contributed by atoms with Gasteiger partial charge in [-0.05, 0) is 42.8 Å². The average molecular weight is 259 g/mol. The second-order valence-corrected chi connectivity index (χ2v) is 4.26. The molecular formula is C14H17N3O2. The number of amides is 1. The van der Waals surface area contributed by atoms with Gasteiger partial charge in [0.2, 0.25) is 0 Å². The molecule has 0 aliphatic rings. The topological polar surface area (TPSA) is 80.3 Å². The van der Waals surface area contributed by atoms with E-state index in [4.69, 9.17) is 10.3 Å². The van der Waals surface area contributed by atoms with Crippen molar-refractivity contribution in [1.82, 2.24) is 5.32 Å². The molecule has 5 heteroatoms. The molecule has 5 nitrogen and oxygen atoms in total. The quantitative estimate of drug-likeness (QED) is 0.565. The zero-order valence-corrected chi connectivity index (χ0v) is 10.8. The largest absolute Gasteiger partial charge is 0.469 e.